The number of rotatable bonds is 3. The summed E-state index contributed by atoms with van der Waals surface area (Å²) < 4.78 is 16.6. The van der Waals surface area contributed by atoms with Crippen molar-refractivity contribution >= 4 is 34.3 Å². The Kier molecular flexibility index (Phi) is 3.08. The maximum absolute atomic E-state index is 11.1. The van der Waals surface area contributed by atoms with Crippen molar-refractivity contribution in [2.45, 2.75) is 4.21 Å². The van der Waals surface area contributed by atoms with Gasteiger partial charge < -0.3 is 4.52 Å². The van der Waals surface area contributed by atoms with Crippen LogP contribution in [-0.2, 0) is 10.8 Å². The molecule has 78 valence electrons. The van der Waals surface area contributed by atoms with E-state index in [-0.39, 0.29) is 0 Å². The Hall–Kier alpha value is -1.27. The Morgan fingerprint density at radius 2 is 2.33 bits per heavy atom. The molecule has 1 atom stereocenters. The highest BCUT2D eigenvalue weighted by Gasteiger charge is 2.00. The fourth-order valence-electron chi connectivity index (χ4n) is 0.987. The van der Waals surface area contributed by atoms with Gasteiger partial charge in [0, 0.05) is 11.1 Å². The molecular weight excluding hydrogens is 232 g/mol. The van der Waals surface area contributed by atoms with Crippen LogP contribution in [0, 0.1) is 0 Å². The monoisotopic (exact) mass is 240 g/mol. The van der Waals surface area contributed by atoms with Crippen molar-refractivity contribution in [1.29, 1.82) is 0 Å². The zero-order valence-electron chi connectivity index (χ0n) is 7.91. The molecule has 0 fully saturated rings. The summed E-state index contributed by atoms with van der Waals surface area (Å²) in [7, 11) is -0.914. The van der Waals surface area contributed by atoms with Crippen LogP contribution in [0.5, 0.6) is 0 Å². The van der Waals surface area contributed by atoms with E-state index in [1.165, 1.54) is 17.7 Å². The van der Waals surface area contributed by atoms with Crippen molar-refractivity contribution in [3.05, 3.63) is 29.2 Å². The van der Waals surface area contributed by atoms with Crippen LogP contribution in [-0.4, -0.2) is 20.6 Å². The molecule has 4 nitrogen and oxygen atoms in total. The van der Waals surface area contributed by atoms with Crippen LogP contribution in [0.25, 0.3) is 12.2 Å². The summed E-state index contributed by atoms with van der Waals surface area (Å²) >= 11 is 1.49. The number of hydrogen-bond donors (Lipinski definition) is 0. The van der Waals surface area contributed by atoms with Gasteiger partial charge in [0.25, 0.3) is 0 Å². The molecule has 2 aromatic heterocycles. The third-order valence-corrected chi connectivity index (χ3v) is 4.16. The van der Waals surface area contributed by atoms with E-state index >= 15 is 0 Å². The van der Waals surface area contributed by atoms with Gasteiger partial charge in [0.1, 0.15) is 0 Å². The molecule has 0 amide bonds. The Balaban J connectivity index is 2.14. The molecule has 6 heteroatoms. The van der Waals surface area contributed by atoms with Crippen molar-refractivity contribution in [1.82, 2.24) is 10.1 Å². The maximum Gasteiger partial charge on any atom is 0.214 e. The van der Waals surface area contributed by atoms with Crippen molar-refractivity contribution < 1.29 is 8.73 Å². The minimum atomic E-state index is -0.914. The summed E-state index contributed by atoms with van der Waals surface area (Å²) in [4.78, 5) is 4.87. The van der Waals surface area contributed by atoms with E-state index in [4.69, 9.17) is 0 Å². The number of hydrogen-bond acceptors (Lipinski definition) is 5. The van der Waals surface area contributed by atoms with Crippen molar-refractivity contribution in [3.63, 3.8) is 0 Å². The fraction of sp³-hybridized carbons (Fsp3) is 0.111. The molecule has 1 unspecified atom stereocenters. The van der Waals surface area contributed by atoms with Gasteiger partial charge in [0.05, 0.1) is 15.0 Å². The van der Waals surface area contributed by atoms with Gasteiger partial charge in [-0.05, 0) is 24.3 Å². The highest BCUT2D eigenvalue weighted by atomic mass is 32.2. The van der Waals surface area contributed by atoms with Crippen molar-refractivity contribution in [2.75, 3.05) is 6.26 Å². The first kappa shape index (κ1) is 10.3. The largest absolute Gasteiger partial charge is 0.342 e. The standard InChI is InChI=1S/C9H8N2O2S2/c1-15(12)9-5-3-7(14-9)2-4-8-10-6-13-11-8/h2-6H,1H3. The quantitative estimate of drug-likeness (QED) is 0.823. The molecule has 0 radical (unpaired) electrons. The zero-order valence-corrected chi connectivity index (χ0v) is 9.55. The van der Waals surface area contributed by atoms with E-state index in [9.17, 15) is 4.21 Å². The second-order valence-electron chi connectivity index (χ2n) is 2.73. The highest BCUT2D eigenvalue weighted by Crippen LogP contribution is 2.20. The maximum atomic E-state index is 11.1. The third-order valence-electron chi connectivity index (χ3n) is 1.66. The summed E-state index contributed by atoms with van der Waals surface area (Å²) in [5.41, 5.74) is 0. The molecule has 2 aromatic rings. The van der Waals surface area contributed by atoms with E-state index in [2.05, 4.69) is 14.7 Å². The first-order valence-electron chi connectivity index (χ1n) is 4.13. The number of nitrogens with zero attached hydrogens (tertiary/aromatic N) is 2. The minimum Gasteiger partial charge on any atom is -0.342 e. The van der Waals surface area contributed by atoms with Crippen LogP contribution in [0.15, 0.2) is 27.3 Å². The zero-order chi connectivity index (χ0) is 10.7. The Morgan fingerprint density at radius 3 is 2.93 bits per heavy atom. The van der Waals surface area contributed by atoms with Crippen LogP contribution >= 0.6 is 11.3 Å². The fourth-order valence-corrected chi connectivity index (χ4v) is 2.65. The molecule has 0 aliphatic heterocycles. The summed E-state index contributed by atoms with van der Waals surface area (Å²) in [5, 5.41) is 3.64. The molecule has 0 saturated heterocycles. The van der Waals surface area contributed by atoms with Crippen LogP contribution in [0.3, 0.4) is 0 Å². The molecule has 0 aliphatic rings. The summed E-state index contributed by atoms with van der Waals surface area (Å²) in [5.74, 6) is 0.530. The lowest BCUT2D eigenvalue weighted by atomic mass is 10.4. The van der Waals surface area contributed by atoms with Crippen LogP contribution in [0.4, 0.5) is 0 Å². The van der Waals surface area contributed by atoms with Crippen LogP contribution in [0.2, 0.25) is 0 Å². The Labute approximate surface area is 93.1 Å². The van der Waals surface area contributed by atoms with Gasteiger partial charge >= 0.3 is 0 Å². The lowest BCUT2D eigenvalue weighted by Gasteiger charge is -1.84. The van der Waals surface area contributed by atoms with Crippen molar-refractivity contribution in [3.8, 4) is 0 Å². The molecule has 0 aromatic carbocycles. The smallest absolute Gasteiger partial charge is 0.214 e. The van der Waals surface area contributed by atoms with Gasteiger partial charge in [0.15, 0.2) is 5.82 Å². The van der Waals surface area contributed by atoms with Gasteiger partial charge in [-0.25, -0.2) is 0 Å². The average Bonchev–Trinajstić information content (AvgIpc) is 2.86. The molecule has 0 spiro atoms. The first-order valence-corrected chi connectivity index (χ1v) is 6.51. The molecule has 0 N–H and O–H groups in total. The third kappa shape index (κ3) is 2.60. The van der Waals surface area contributed by atoms with Gasteiger partial charge in [-0.15, -0.1) is 11.3 Å². The molecule has 2 rings (SSSR count). The van der Waals surface area contributed by atoms with E-state index in [0.717, 1.165) is 9.09 Å². The molecule has 0 bridgehead atoms. The molecule has 0 aliphatic carbocycles. The van der Waals surface area contributed by atoms with Gasteiger partial charge in [0.2, 0.25) is 6.39 Å². The second-order valence-corrected chi connectivity index (χ2v) is 5.46. The number of aromatic nitrogens is 2. The predicted octanol–water partition coefficient (Wildman–Crippen LogP) is 2.04. The SMILES string of the molecule is CS(=O)c1ccc(C=Cc2ncon2)s1. The predicted molar refractivity (Wildman–Crippen MR) is 59.9 cm³/mol. The lowest BCUT2D eigenvalue weighted by Crippen LogP contribution is -1.78. The van der Waals surface area contributed by atoms with Gasteiger partial charge in [-0.3, -0.25) is 4.21 Å². The number of thiophene rings is 1. The molecule has 0 saturated carbocycles. The van der Waals surface area contributed by atoms with E-state index < -0.39 is 10.8 Å². The first-order chi connectivity index (χ1) is 7.25. The Bertz CT molecular complexity index is 488. The summed E-state index contributed by atoms with van der Waals surface area (Å²) in [6.45, 7) is 0. The van der Waals surface area contributed by atoms with Gasteiger partial charge in [-0.1, -0.05) is 5.16 Å². The average molecular weight is 240 g/mol. The molecular formula is C9H8N2O2S2. The molecule has 15 heavy (non-hydrogen) atoms. The van der Waals surface area contributed by atoms with Crippen molar-refractivity contribution in [2.24, 2.45) is 0 Å². The lowest BCUT2D eigenvalue weighted by molar-refractivity contribution is 0.415. The highest BCUT2D eigenvalue weighted by molar-refractivity contribution is 7.86. The van der Waals surface area contributed by atoms with Gasteiger partial charge in [-0.2, -0.15) is 4.98 Å². The topological polar surface area (TPSA) is 56.0 Å². The van der Waals surface area contributed by atoms with E-state index in [1.54, 1.807) is 12.3 Å². The summed E-state index contributed by atoms with van der Waals surface area (Å²) in [6, 6.07) is 3.77. The second kappa shape index (κ2) is 4.50. The van der Waals surface area contributed by atoms with E-state index in [1.807, 2.05) is 18.2 Å². The van der Waals surface area contributed by atoms with E-state index in [0.29, 0.717) is 5.82 Å². The normalized spacial score (nSPS) is 13.4. The Morgan fingerprint density at radius 1 is 1.47 bits per heavy atom. The van der Waals surface area contributed by atoms with Crippen LogP contribution < -0.4 is 0 Å². The summed E-state index contributed by atoms with van der Waals surface area (Å²) in [6.07, 6.45) is 6.56. The minimum absolute atomic E-state index is 0.530. The van der Waals surface area contributed by atoms with Crippen LogP contribution in [0.1, 0.15) is 10.7 Å². The molecule has 2 heterocycles.